The van der Waals surface area contributed by atoms with Gasteiger partial charge in [0.25, 0.3) is 5.91 Å². The summed E-state index contributed by atoms with van der Waals surface area (Å²) in [6.45, 7) is 3.86. The summed E-state index contributed by atoms with van der Waals surface area (Å²) in [5.74, 6) is -0.821. The highest BCUT2D eigenvalue weighted by Crippen LogP contribution is 2.20. The Hall–Kier alpha value is -2.19. The molecular weight excluding hydrogens is 381 g/mol. The van der Waals surface area contributed by atoms with E-state index in [1.807, 2.05) is 13.8 Å². The quantitative estimate of drug-likeness (QED) is 0.738. The van der Waals surface area contributed by atoms with E-state index in [2.05, 4.69) is 15.0 Å². The summed E-state index contributed by atoms with van der Waals surface area (Å²) in [5.41, 5.74) is 0.513. The van der Waals surface area contributed by atoms with Gasteiger partial charge in [0.1, 0.15) is 11.6 Å². The first-order valence-corrected chi connectivity index (χ1v) is 9.92. The molecule has 0 saturated heterocycles. The lowest BCUT2D eigenvalue weighted by Gasteiger charge is -2.10. The van der Waals surface area contributed by atoms with Gasteiger partial charge in [0.05, 0.1) is 10.8 Å². The molecule has 0 radical (unpaired) electrons. The Morgan fingerprint density at radius 3 is 2.65 bits per heavy atom. The molecule has 0 bridgehead atoms. The fourth-order valence-corrected chi connectivity index (χ4v) is 3.50. The van der Waals surface area contributed by atoms with Crippen molar-refractivity contribution in [2.24, 2.45) is 5.92 Å². The third-order valence-corrected chi connectivity index (χ3v) is 5.01. The second kappa shape index (κ2) is 8.46. The van der Waals surface area contributed by atoms with Crippen molar-refractivity contribution < 1.29 is 17.6 Å². The van der Waals surface area contributed by atoms with E-state index < -0.39 is 21.7 Å². The molecule has 140 valence electrons. The summed E-state index contributed by atoms with van der Waals surface area (Å²) in [5, 5.41) is 2.45. The fourth-order valence-electron chi connectivity index (χ4n) is 2.01. The van der Waals surface area contributed by atoms with Crippen LogP contribution >= 0.6 is 11.6 Å². The van der Waals surface area contributed by atoms with Crippen molar-refractivity contribution >= 4 is 39.0 Å². The third kappa shape index (κ3) is 5.96. The van der Waals surface area contributed by atoms with Crippen LogP contribution in [0, 0.1) is 11.7 Å². The molecule has 2 N–H and O–H groups in total. The van der Waals surface area contributed by atoms with Crippen molar-refractivity contribution in [1.82, 2.24) is 4.98 Å². The van der Waals surface area contributed by atoms with Crippen molar-refractivity contribution in [2.75, 3.05) is 15.8 Å². The number of carbonyl (C=O) groups is 1. The number of sulfonamides is 1. The number of pyridine rings is 1. The molecule has 0 spiro atoms. The SMILES string of the molecule is CC(C)CCS(=O)(=O)Nc1cc(C(=O)Nc2ccc(F)c(Cl)c2)ccn1. The Morgan fingerprint density at radius 2 is 2.00 bits per heavy atom. The highest BCUT2D eigenvalue weighted by molar-refractivity contribution is 7.92. The van der Waals surface area contributed by atoms with Gasteiger partial charge in [-0.05, 0) is 42.7 Å². The standard InChI is InChI=1S/C17H19ClFN3O3S/c1-11(2)6-8-26(24,25)22-16-9-12(5-7-20-16)17(23)21-13-3-4-15(19)14(18)10-13/h3-5,7,9-11H,6,8H2,1-2H3,(H,20,22)(H,21,23). The van der Waals surface area contributed by atoms with Crippen LogP contribution in [0.15, 0.2) is 36.5 Å². The highest BCUT2D eigenvalue weighted by atomic mass is 35.5. The fraction of sp³-hybridized carbons (Fsp3) is 0.294. The second-order valence-corrected chi connectivity index (χ2v) is 8.37. The highest BCUT2D eigenvalue weighted by Gasteiger charge is 2.14. The molecular formula is C17H19ClFN3O3S. The minimum absolute atomic E-state index is 0.0309. The van der Waals surface area contributed by atoms with Crippen molar-refractivity contribution in [2.45, 2.75) is 20.3 Å². The van der Waals surface area contributed by atoms with E-state index in [0.717, 1.165) is 6.07 Å². The molecule has 0 saturated carbocycles. The molecule has 1 heterocycles. The first-order chi connectivity index (χ1) is 12.2. The van der Waals surface area contributed by atoms with Crippen molar-refractivity contribution in [3.8, 4) is 0 Å². The number of hydrogen-bond donors (Lipinski definition) is 2. The van der Waals surface area contributed by atoms with Gasteiger partial charge in [0.15, 0.2) is 0 Å². The molecule has 0 atom stereocenters. The maximum absolute atomic E-state index is 13.2. The first-order valence-electron chi connectivity index (χ1n) is 7.89. The molecule has 6 nitrogen and oxygen atoms in total. The lowest BCUT2D eigenvalue weighted by molar-refractivity contribution is 0.102. The lowest BCUT2D eigenvalue weighted by atomic mass is 10.2. The predicted molar refractivity (Wildman–Crippen MR) is 100 cm³/mol. The van der Waals surface area contributed by atoms with Crippen LogP contribution in [0.5, 0.6) is 0 Å². The predicted octanol–water partition coefficient (Wildman–Crippen LogP) is 3.91. The Balaban J connectivity index is 2.10. The van der Waals surface area contributed by atoms with Gasteiger partial charge in [-0.1, -0.05) is 25.4 Å². The Kier molecular flexibility index (Phi) is 6.55. The van der Waals surface area contributed by atoms with E-state index >= 15 is 0 Å². The van der Waals surface area contributed by atoms with Crippen molar-refractivity contribution in [3.05, 3.63) is 52.9 Å². The van der Waals surface area contributed by atoms with E-state index in [0.29, 0.717) is 12.1 Å². The van der Waals surface area contributed by atoms with Crippen molar-refractivity contribution in [3.63, 3.8) is 0 Å². The zero-order valence-corrected chi connectivity index (χ0v) is 15.9. The van der Waals surface area contributed by atoms with Gasteiger partial charge < -0.3 is 5.32 Å². The average molecular weight is 400 g/mol. The van der Waals surface area contributed by atoms with Gasteiger partial charge in [-0.15, -0.1) is 0 Å². The van der Waals surface area contributed by atoms with Crippen LogP contribution < -0.4 is 10.0 Å². The molecule has 1 amide bonds. The maximum atomic E-state index is 13.2. The number of amides is 1. The zero-order valence-electron chi connectivity index (χ0n) is 14.3. The number of halogens is 2. The van der Waals surface area contributed by atoms with Gasteiger partial charge in [0.2, 0.25) is 10.0 Å². The number of nitrogens with zero attached hydrogens (tertiary/aromatic N) is 1. The topological polar surface area (TPSA) is 88.2 Å². The zero-order chi connectivity index (χ0) is 19.3. The summed E-state index contributed by atoms with van der Waals surface area (Å²) >= 11 is 5.68. The number of nitrogens with one attached hydrogen (secondary N) is 2. The number of carbonyl (C=O) groups excluding carboxylic acids is 1. The van der Waals surface area contributed by atoms with Crippen LogP contribution in [0.25, 0.3) is 0 Å². The van der Waals surface area contributed by atoms with E-state index in [4.69, 9.17) is 11.6 Å². The summed E-state index contributed by atoms with van der Waals surface area (Å²) in [4.78, 5) is 16.2. The van der Waals surface area contributed by atoms with Crippen LogP contribution in [-0.2, 0) is 10.0 Å². The average Bonchev–Trinajstić information content (AvgIpc) is 2.56. The largest absolute Gasteiger partial charge is 0.322 e. The van der Waals surface area contributed by atoms with E-state index in [9.17, 15) is 17.6 Å². The van der Waals surface area contributed by atoms with Crippen LogP contribution in [0.4, 0.5) is 15.9 Å². The Morgan fingerprint density at radius 1 is 1.27 bits per heavy atom. The van der Waals surface area contributed by atoms with Gasteiger partial charge in [-0.3, -0.25) is 9.52 Å². The lowest BCUT2D eigenvalue weighted by Crippen LogP contribution is -2.19. The summed E-state index contributed by atoms with van der Waals surface area (Å²) < 4.78 is 39.6. The number of hydrogen-bond acceptors (Lipinski definition) is 4. The number of rotatable bonds is 7. The molecule has 26 heavy (non-hydrogen) atoms. The molecule has 0 fully saturated rings. The minimum Gasteiger partial charge on any atom is -0.322 e. The Labute approximate surface area is 156 Å². The molecule has 0 unspecified atom stereocenters. The molecule has 2 rings (SSSR count). The van der Waals surface area contributed by atoms with Crippen LogP contribution in [0.2, 0.25) is 5.02 Å². The number of benzene rings is 1. The minimum atomic E-state index is -3.54. The molecule has 1 aromatic heterocycles. The molecule has 0 aliphatic carbocycles. The second-order valence-electron chi connectivity index (χ2n) is 6.12. The molecule has 2 aromatic rings. The maximum Gasteiger partial charge on any atom is 0.255 e. The van der Waals surface area contributed by atoms with E-state index in [1.165, 1.54) is 30.5 Å². The van der Waals surface area contributed by atoms with E-state index in [1.54, 1.807) is 0 Å². The molecule has 1 aromatic carbocycles. The number of aromatic nitrogens is 1. The van der Waals surface area contributed by atoms with Crippen LogP contribution in [0.3, 0.4) is 0 Å². The summed E-state index contributed by atoms with van der Waals surface area (Å²) in [6, 6.07) is 6.56. The summed E-state index contributed by atoms with van der Waals surface area (Å²) in [7, 11) is -3.54. The molecule has 0 aliphatic rings. The Bertz CT molecular complexity index is 904. The van der Waals surface area contributed by atoms with Gasteiger partial charge in [-0.25, -0.2) is 17.8 Å². The molecule has 0 aliphatic heterocycles. The van der Waals surface area contributed by atoms with Gasteiger partial charge in [-0.2, -0.15) is 0 Å². The number of anilines is 2. The first kappa shape index (κ1) is 20.1. The van der Waals surface area contributed by atoms with E-state index in [-0.39, 0.29) is 28.1 Å². The van der Waals surface area contributed by atoms with Crippen LogP contribution in [-0.4, -0.2) is 25.1 Å². The summed E-state index contributed by atoms with van der Waals surface area (Å²) in [6.07, 6.45) is 1.84. The van der Waals surface area contributed by atoms with Gasteiger partial charge >= 0.3 is 0 Å². The third-order valence-electron chi connectivity index (χ3n) is 3.42. The van der Waals surface area contributed by atoms with Gasteiger partial charge in [0, 0.05) is 17.4 Å². The smallest absolute Gasteiger partial charge is 0.255 e. The molecule has 9 heteroatoms. The normalized spacial score (nSPS) is 11.4. The van der Waals surface area contributed by atoms with Crippen LogP contribution in [0.1, 0.15) is 30.6 Å². The monoisotopic (exact) mass is 399 g/mol. The van der Waals surface area contributed by atoms with Crippen molar-refractivity contribution in [1.29, 1.82) is 0 Å².